The molecule has 10 aromatic carbocycles. The molecular weight excluding hydrogens is 981 g/mol. The first-order valence-electron chi connectivity index (χ1n) is 28.2. The van der Waals surface area contributed by atoms with Gasteiger partial charge in [0, 0.05) is 50.1 Å². The summed E-state index contributed by atoms with van der Waals surface area (Å²) < 4.78 is 2.62. The lowest BCUT2D eigenvalue weighted by Crippen LogP contribution is -2.11. The maximum Gasteiger partial charge on any atom is 0.163 e. The predicted molar refractivity (Wildman–Crippen MR) is 343 cm³/mol. The van der Waals surface area contributed by atoms with Crippen molar-refractivity contribution in [2.75, 3.05) is 0 Å². The second-order valence-electron chi connectivity index (χ2n) is 23.2. The minimum atomic E-state index is -0.197. The zero-order valence-electron chi connectivity index (χ0n) is 47.1. The number of hydrogen-bond donors (Lipinski definition) is 0. The fourth-order valence-corrected chi connectivity index (χ4v) is 11.2. The maximum atomic E-state index is 5.49. The van der Waals surface area contributed by atoms with E-state index in [-0.39, 0.29) is 16.7 Å². The van der Waals surface area contributed by atoms with E-state index in [9.17, 15) is 0 Å². The lowest BCUT2D eigenvalue weighted by molar-refractivity contribution is 0.590. The Morgan fingerprint density at radius 2 is 0.765 bits per heavy atom. The smallest absolute Gasteiger partial charge is 0.163 e. The topological polar surface area (TPSA) is 43.6 Å². The average Bonchev–Trinajstić information content (AvgIpc) is 4.10. The zero-order chi connectivity index (χ0) is 55.7. The quantitative estimate of drug-likeness (QED) is 0.108. The van der Waals surface area contributed by atoms with Crippen LogP contribution in [-0.4, -0.2) is 19.5 Å². The first-order chi connectivity index (χ1) is 39.4. The summed E-state index contributed by atoms with van der Waals surface area (Å²) in [6.45, 7) is 18.3. The van der Waals surface area contributed by atoms with Crippen molar-refractivity contribution in [1.29, 1.82) is 0 Å². The van der Waals surface area contributed by atoms with Crippen LogP contribution in [0, 0.1) is 0 Å². The van der Waals surface area contributed by atoms with Crippen LogP contribution in [0.5, 0.6) is 0 Å². The highest BCUT2D eigenvalue weighted by Gasteiger charge is 2.30. The number of rotatable bonds is 13. The fourth-order valence-electron chi connectivity index (χ4n) is 11.2. The Balaban J connectivity index is 1.20. The average molecular weight is 1050 g/mol. The zero-order valence-corrected chi connectivity index (χ0v) is 47.1. The van der Waals surface area contributed by atoms with Crippen molar-refractivity contribution in [2.24, 2.45) is 0 Å². The van der Waals surface area contributed by atoms with E-state index in [1.165, 1.54) is 33.0 Å². The first-order valence-corrected chi connectivity index (χ1v) is 28.2. The lowest BCUT2D eigenvalue weighted by atomic mass is 9.82. The van der Waals surface area contributed by atoms with Gasteiger partial charge in [0.15, 0.2) is 11.6 Å². The monoisotopic (exact) mass is 1050 g/mol. The van der Waals surface area contributed by atoms with Gasteiger partial charge >= 0.3 is 0 Å². The molecule has 12 aromatic rings. The van der Waals surface area contributed by atoms with E-state index in [0.717, 1.165) is 77.9 Å². The molecule has 4 heteroatoms. The standard InChI is InChI=1S/C77H66N4/c1-8-53(41-27-30-52-28-15-9-16-29-52)73-78-74(60-44-42-55(43-45-60)54-31-17-10-18-32-54)80-75(79-73)61-46-64(56-33-19-11-20-34-56)70(65(47-61)57-35-21-12-22-36-57)81-71-66(58-37-23-13-24-38-58)48-62(76(2,3)4)50-68(71)69-51-63(77(5,6)7)49-67(72(69)81)59-39-25-14-26-40-59/h8-40,42-51,53H,1,41H2,2-7H3/b30-27+. The van der Waals surface area contributed by atoms with Gasteiger partial charge in [-0.25, -0.2) is 15.0 Å². The van der Waals surface area contributed by atoms with E-state index >= 15 is 0 Å². The molecule has 0 amide bonds. The third-order valence-corrected chi connectivity index (χ3v) is 15.6. The molecular formula is C77H66N4. The fraction of sp³-hybridized carbons (Fsp3) is 0.130. The molecule has 0 bridgehead atoms. The van der Waals surface area contributed by atoms with Crippen LogP contribution in [0.15, 0.2) is 261 Å². The van der Waals surface area contributed by atoms with Gasteiger partial charge in [-0.15, -0.1) is 6.58 Å². The number of benzene rings is 10. The predicted octanol–water partition coefficient (Wildman–Crippen LogP) is 20.6. The van der Waals surface area contributed by atoms with Gasteiger partial charge in [-0.05, 0) is 104 Å². The summed E-state index contributed by atoms with van der Waals surface area (Å²) in [5.41, 5.74) is 19.7. The minimum Gasteiger partial charge on any atom is -0.307 e. The highest BCUT2D eigenvalue weighted by Crippen LogP contribution is 2.50. The molecule has 12 rings (SSSR count). The van der Waals surface area contributed by atoms with Gasteiger partial charge in [0.2, 0.25) is 0 Å². The molecule has 1 unspecified atom stereocenters. The van der Waals surface area contributed by atoms with E-state index in [1.54, 1.807) is 0 Å². The van der Waals surface area contributed by atoms with E-state index in [0.29, 0.717) is 23.9 Å². The summed E-state index contributed by atoms with van der Waals surface area (Å²) in [6.07, 6.45) is 6.99. The van der Waals surface area contributed by atoms with Crippen LogP contribution in [0.3, 0.4) is 0 Å². The Morgan fingerprint density at radius 3 is 1.19 bits per heavy atom. The number of nitrogens with zero attached hydrogens (tertiary/aromatic N) is 4. The van der Waals surface area contributed by atoms with Gasteiger partial charge in [-0.3, -0.25) is 0 Å². The van der Waals surface area contributed by atoms with Gasteiger partial charge in [0.1, 0.15) is 5.82 Å². The normalized spacial score (nSPS) is 12.3. The molecule has 0 aliphatic carbocycles. The summed E-state index contributed by atoms with van der Waals surface area (Å²) in [5, 5.41) is 2.42. The number of allylic oxidation sites excluding steroid dienone is 2. The number of fused-ring (bicyclic) bond motifs is 3. The second-order valence-corrected chi connectivity index (χ2v) is 23.2. The molecule has 0 saturated carbocycles. The SMILES string of the molecule is C=CC(C/C=C/c1ccccc1)c1nc(-c2ccc(-c3ccccc3)cc2)nc(-c2cc(-c3ccccc3)c(-n3c4c(-c5ccccc5)cc(C(C)(C)C)cc4c4cc(C(C)(C)C)cc(-c5ccccc5)c43)c(-c3ccccc3)c2)n1. The molecule has 0 saturated heterocycles. The minimum absolute atomic E-state index is 0.142. The van der Waals surface area contributed by atoms with Gasteiger partial charge in [0.25, 0.3) is 0 Å². The Kier molecular flexibility index (Phi) is 14.2. The Bertz CT molecular complexity index is 4050. The largest absolute Gasteiger partial charge is 0.307 e. The van der Waals surface area contributed by atoms with E-state index in [1.807, 2.05) is 18.2 Å². The summed E-state index contributed by atoms with van der Waals surface area (Å²) >= 11 is 0. The van der Waals surface area contributed by atoms with Gasteiger partial charge in [-0.2, -0.15) is 0 Å². The van der Waals surface area contributed by atoms with Crippen LogP contribution in [0.25, 0.3) is 112 Å². The number of aromatic nitrogens is 4. The van der Waals surface area contributed by atoms with Crippen LogP contribution in [-0.2, 0) is 10.8 Å². The molecule has 0 spiro atoms. The van der Waals surface area contributed by atoms with Crippen molar-refractivity contribution in [2.45, 2.75) is 64.7 Å². The molecule has 0 fully saturated rings. The third kappa shape index (κ3) is 10.6. The molecule has 0 aliphatic rings. The van der Waals surface area contributed by atoms with Crippen LogP contribution < -0.4 is 0 Å². The summed E-state index contributed by atoms with van der Waals surface area (Å²) in [5.74, 6) is 1.65. The van der Waals surface area contributed by atoms with Crippen molar-refractivity contribution in [3.8, 4) is 84.1 Å². The van der Waals surface area contributed by atoms with Crippen molar-refractivity contribution >= 4 is 27.9 Å². The summed E-state index contributed by atoms with van der Waals surface area (Å²) in [4.78, 5) is 16.3. The molecule has 0 N–H and O–H groups in total. The molecule has 0 radical (unpaired) electrons. The van der Waals surface area contributed by atoms with Crippen molar-refractivity contribution < 1.29 is 0 Å². The molecule has 4 nitrogen and oxygen atoms in total. The second kappa shape index (κ2) is 22.0. The van der Waals surface area contributed by atoms with E-state index in [2.05, 4.69) is 295 Å². The van der Waals surface area contributed by atoms with Crippen molar-refractivity contribution in [3.05, 3.63) is 284 Å². The molecule has 0 aliphatic heterocycles. The molecule has 81 heavy (non-hydrogen) atoms. The summed E-state index contributed by atoms with van der Waals surface area (Å²) in [7, 11) is 0. The Morgan fingerprint density at radius 1 is 0.395 bits per heavy atom. The molecule has 2 aromatic heterocycles. The van der Waals surface area contributed by atoms with Gasteiger partial charge in [-0.1, -0.05) is 266 Å². The van der Waals surface area contributed by atoms with Crippen molar-refractivity contribution in [1.82, 2.24) is 19.5 Å². The lowest BCUT2D eigenvalue weighted by Gasteiger charge is -2.25. The third-order valence-electron chi connectivity index (χ3n) is 15.6. The van der Waals surface area contributed by atoms with Crippen LogP contribution in [0.4, 0.5) is 0 Å². The molecule has 394 valence electrons. The van der Waals surface area contributed by atoms with Gasteiger partial charge in [0.05, 0.1) is 16.7 Å². The maximum absolute atomic E-state index is 5.49. The van der Waals surface area contributed by atoms with Gasteiger partial charge < -0.3 is 4.57 Å². The molecule has 2 heterocycles. The van der Waals surface area contributed by atoms with Crippen LogP contribution in [0.1, 0.15) is 76.4 Å². The Hall–Kier alpha value is -9.51. The van der Waals surface area contributed by atoms with Crippen LogP contribution in [0.2, 0.25) is 0 Å². The Labute approximate surface area is 477 Å². The van der Waals surface area contributed by atoms with Crippen LogP contribution >= 0.6 is 0 Å². The number of hydrogen-bond acceptors (Lipinski definition) is 3. The van der Waals surface area contributed by atoms with E-state index < -0.39 is 0 Å². The molecule has 1 atom stereocenters. The highest BCUT2D eigenvalue weighted by atomic mass is 15.0. The van der Waals surface area contributed by atoms with E-state index in [4.69, 9.17) is 15.0 Å². The van der Waals surface area contributed by atoms with Crippen molar-refractivity contribution in [3.63, 3.8) is 0 Å². The first kappa shape index (κ1) is 52.2. The highest BCUT2D eigenvalue weighted by molar-refractivity contribution is 6.19. The summed E-state index contributed by atoms with van der Waals surface area (Å²) in [6, 6.07) is 87.6.